The normalized spacial score (nSPS) is 11.5. The van der Waals surface area contributed by atoms with Crippen molar-refractivity contribution in [1.29, 1.82) is 0 Å². The third kappa shape index (κ3) is 59.1. The van der Waals surface area contributed by atoms with E-state index in [2.05, 4.69) is 110 Å². The SMILES string of the molecule is CCCCCC/C=C\COC(=O)CCCCCCCN(Cc1ccc(CCC(=O)OC/C=C\CCCCCC)cc1)C(=O)SCCN(C)C.CCCCCC/C=C\COC(=O)CCCCCCCN(Cc1ccc(CCCC(=O)OC/C=C\CCCCCC)cc1)C(=O)SCCN(C)C. The number of thioether (sulfide) groups is 2. The number of rotatable bonds is 61. The van der Waals surface area contributed by atoms with Crippen molar-refractivity contribution >= 4 is 57.9 Å². The van der Waals surface area contributed by atoms with Crippen LogP contribution in [0.1, 0.15) is 275 Å². The van der Waals surface area contributed by atoms with Crippen LogP contribution in [-0.4, -0.2) is 146 Å². The Morgan fingerprint density at radius 1 is 0.313 bits per heavy atom. The number of esters is 4. The summed E-state index contributed by atoms with van der Waals surface area (Å²) in [6, 6.07) is 16.7. The minimum atomic E-state index is -0.178. The van der Waals surface area contributed by atoms with Crippen LogP contribution >= 0.6 is 23.5 Å². The van der Waals surface area contributed by atoms with Crippen LogP contribution in [0.4, 0.5) is 9.59 Å². The maximum absolute atomic E-state index is 13.2. The van der Waals surface area contributed by atoms with E-state index >= 15 is 0 Å². The molecule has 0 heterocycles. The second-order valence-electron chi connectivity index (χ2n) is 26.7. The molecule has 0 bridgehead atoms. The molecule has 0 spiro atoms. The average Bonchev–Trinajstić information content (AvgIpc) is 0.965. The van der Waals surface area contributed by atoms with Gasteiger partial charge in [-0.2, -0.15) is 0 Å². The van der Waals surface area contributed by atoms with Gasteiger partial charge < -0.3 is 38.5 Å². The molecule has 0 unspecified atom stereocenters. The number of allylic oxidation sites excluding steroid dienone is 4. The Bertz CT molecular complexity index is 2430. The molecule has 0 radical (unpaired) electrons. The zero-order valence-electron chi connectivity index (χ0n) is 63.6. The summed E-state index contributed by atoms with van der Waals surface area (Å²) in [5.41, 5.74) is 4.47. The zero-order valence-corrected chi connectivity index (χ0v) is 65.2. The number of aryl methyl sites for hydroxylation is 2. The van der Waals surface area contributed by atoms with Gasteiger partial charge in [-0.25, -0.2) is 0 Å². The lowest BCUT2D eigenvalue weighted by Gasteiger charge is -2.23. The van der Waals surface area contributed by atoms with Gasteiger partial charge in [-0.3, -0.25) is 28.8 Å². The molecule has 0 aliphatic heterocycles. The first kappa shape index (κ1) is 91.9. The minimum Gasteiger partial charge on any atom is -0.461 e. The average molecular weight is 1420 g/mol. The van der Waals surface area contributed by atoms with Crippen LogP contribution in [0, 0.1) is 0 Å². The van der Waals surface area contributed by atoms with Crippen molar-refractivity contribution in [3.8, 4) is 0 Å². The van der Waals surface area contributed by atoms with Crippen molar-refractivity contribution < 1.29 is 47.7 Å². The van der Waals surface area contributed by atoms with E-state index < -0.39 is 0 Å². The Morgan fingerprint density at radius 2 is 0.596 bits per heavy atom. The van der Waals surface area contributed by atoms with Crippen LogP contribution in [-0.2, 0) is 64.1 Å². The fourth-order valence-corrected chi connectivity index (χ4v) is 12.5. The molecule has 0 aliphatic carbocycles. The molecule has 99 heavy (non-hydrogen) atoms. The van der Waals surface area contributed by atoms with Crippen LogP contribution < -0.4 is 0 Å². The van der Waals surface area contributed by atoms with E-state index in [4.69, 9.17) is 18.9 Å². The molecule has 0 saturated heterocycles. The summed E-state index contributed by atoms with van der Waals surface area (Å²) in [5, 5.41) is 0.236. The van der Waals surface area contributed by atoms with Crippen molar-refractivity contribution in [2.75, 3.05) is 92.3 Å². The van der Waals surface area contributed by atoms with E-state index in [1.54, 1.807) is 0 Å². The Balaban J connectivity index is 0.000000990. The van der Waals surface area contributed by atoms with Gasteiger partial charge in [0.15, 0.2) is 0 Å². The van der Waals surface area contributed by atoms with Gasteiger partial charge in [-0.15, -0.1) is 0 Å². The summed E-state index contributed by atoms with van der Waals surface area (Å²) in [6.45, 7) is 14.6. The highest BCUT2D eigenvalue weighted by Gasteiger charge is 2.17. The molecule has 16 heteroatoms. The maximum Gasteiger partial charge on any atom is 0.306 e. The Morgan fingerprint density at radius 3 is 0.929 bits per heavy atom. The lowest BCUT2D eigenvalue weighted by Crippen LogP contribution is -2.29. The van der Waals surface area contributed by atoms with Gasteiger partial charge in [0, 0.05) is 76.5 Å². The van der Waals surface area contributed by atoms with Gasteiger partial charge in [0.25, 0.3) is 10.5 Å². The second kappa shape index (κ2) is 67.3. The van der Waals surface area contributed by atoms with Gasteiger partial charge in [-0.1, -0.05) is 264 Å². The van der Waals surface area contributed by atoms with E-state index in [0.29, 0.717) is 78.2 Å². The Hall–Kier alpha value is -5.16. The third-order valence-corrected chi connectivity index (χ3v) is 18.6. The fraction of sp³-hybridized carbons (Fsp3) is 0.687. The van der Waals surface area contributed by atoms with E-state index in [0.717, 1.165) is 151 Å². The molecule has 2 aromatic rings. The van der Waals surface area contributed by atoms with E-state index in [1.165, 1.54) is 132 Å². The molecule has 0 aliphatic rings. The van der Waals surface area contributed by atoms with Crippen LogP contribution in [0.2, 0.25) is 0 Å². The van der Waals surface area contributed by atoms with Gasteiger partial charge in [-0.05, 0) is 147 Å². The summed E-state index contributed by atoms with van der Waals surface area (Å²) in [7, 11) is 8.08. The smallest absolute Gasteiger partial charge is 0.306 e. The second-order valence-corrected chi connectivity index (χ2v) is 28.8. The number of amides is 2. The van der Waals surface area contributed by atoms with Crippen LogP contribution in [0.3, 0.4) is 0 Å². The van der Waals surface area contributed by atoms with Crippen LogP contribution in [0.5, 0.6) is 0 Å². The number of hydrogen-bond donors (Lipinski definition) is 0. The lowest BCUT2D eigenvalue weighted by atomic mass is 10.1. The van der Waals surface area contributed by atoms with Crippen molar-refractivity contribution in [2.24, 2.45) is 0 Å². The molecule has 562 valence electrons. The summed E-state index contributed by atoms with van der Waals surface area (Å²) in [5.74, 6) is 0.965. The molecule has 0 saturated carbocycles. The number of benzene rings is 2. The van der Waals surface area contributed by atoms with E-state index in [-0.39, 0.29) is 34.4 Å². The molecular formula is C83H138N4O10S2. The Kier molecular flexibility index (Phi) is 62.5. The predicted molar refractivity (Wildman–Crippen MR) is 419 cm³/mol. The van der Waals surface area contributed by atoms with Gasteiger partial charge in [0.2, 0.25) is 0 Å². The minimum absolute atomic E-state index is 0.112. The van der Waals surface area contributed by atoms with Crippen molar-refractivity contribution in [3.05, 3.63) is 119 Å². The fourth-order valence-electron chi connectivity index (χ4n) is 10.6. The monoisotopic (exact) mass is 1410 g/mol. The summed E-state index contributed by atoms with van der Waals surface area (Å²) in [4.78, 5) is 82.8. The molecule has 14 nitrogen and oxygen atoms in total. The number of carbonyl (C=O) groups is 6. The standard InChI is InChI=1S/C42H70N2O5S.C41H68N2O5S/c1-5-7-9-11-13-18-22-34-48-40(45)26-20-16-15-17-21-32-44(42(47)50-36-33-43(3)4)37-39-30-28-38(29-31-39)25-24-27-41(46)49-35-23-19-14-12-10-8-6-2;1-5-7-9-11-13-18-22-33-47-39(44)24-20-16-15-17-21-31-43(41(46)49-35-32-42(3)4)36-38-27-25-37(26-28-38)29-30-40(45)48-34-23-19-14-12-10-8-6-2/h18-19,22-23,28-31H,5-17,20-21,24-27,32-37H2,1-4H3;18-19,22-23,25-28H,5-17,20-21,24,29-36H2,1-4H3/b2*22-18-,23-19-. The maximum atomic E-state index is 13.2. The number of unbranched alkanes of at least 4 members (excludes halogenated alkanes) is 24. The molecule has 2 aromatic carbocycles. The van der Waals surface area contributed by atoms with Crippen molar-refractivity contribution in [3.63, 3.8) is 0 Å². The number of nitrogens with zero attached hydrogens (tertiary/aromatic N) is 4. The quantitative estimate of drug-likeness (QED) is 0.0267. The molecule has 0 aromatic heterocycles. The number of hydrogen-bond acceptors (Lipinski definition) is 14. The van der Waals surface area contributed by atoms with Crippen molar-refractivity contribution in [2.45, 2.75) is 278 Å². The predicted octanol–water partition coefficient (Wildman–Crippen LogP) is 21.0. The molecule has 0 N–H and O–H groups in total. The first-order chi connectivity index (χ1) is 48.2. The largest absolute Gasteiger partial charge is 0.461 e. The first-order valence-electron chi connectivity index (χ1n) is 38.7. The molecule has 0 fully saturated rings. The van der Waals surface area contributed by atoms with Gasteiger partial charge in [0.1, 0.15) is 26.4 Å². The highest BCUT2D eigenvalue weighted by Crippen LogP contribution is 2.20. The molecule has 0 atom stereocenters. The molecule has 2 amide bonds. The van der Waals surface area contributed by atoms with Gasteiger partial charge in [0.05, 0.1) is 0 Å². The van der Waals surface area contributed by atoms with E-state index in [9.17, 15) is 28.8 Å². The first-order valence-corrected chi connectivity index (χ1v) is 40.7. The van der Waals surface area contributed by atoms with E-state index in [1.807, 2.05) is 62.3 Å². The molecule has 2 rings (SSSR count). The van der Waals surface area contributed by atoms with Crippen molar-refractivity contribution in [1.82, 2.24) is 19.6 Å². The van der Waals surface area contributed by atoms with Crippen LogP contribution in [0.15, 0.2) is 97.1 Å². The lowest BCUT2D eigenvalue weighted by molar-refractivity contribution is -0.143. The number of ether oxygens (including phenoxy) is 4. The highest BCUT2D eigenvalue weighted by molar-refractivity contribution is 8.13. The summed E-state index contributed by atoms with van der Waals surface area (Å²) < 4.78 is 21.4. The zero-order chi connectivity index (χ0) is 72.3. The topological polar surface area (TPSA) is 152 Å². The highest BCUT2D eigenvalue weighted by atomic mass is 32.2. The van der Waals surface area contributed by atoms with Gasteiger partial charge >= 0.3 is 23.9 Å². The summed E-state index contributed by atoms with van der Waals surface area (Å²) >= 11 is 2.77. The molecular weight excluding hydrogens is 1280 g/mol. The number of carbonyl (C=O) groups excluding carboxylic acids is 6. The summed E-state index contributed by atoms with van der Waals surface area (Å²) in [6.07, 6.45) is 53.9. The Labute approximate surface area is 611 Å². The van der Waals surface area contributed by atoms with Crippen LogP contribution in [0.25, 0.3) is 0 Å². The third-order valence-electron chi connectivity index (χ3n) is 16.8.